The summed E-state index contributed by atoms with van der Waals surface area (Å²) in [5.41, 5.74) is 4.85. The minimum Gasteiger partial charge on any atom is -0.350 e. The van der Waals surface area contributed by atoms with Crippen molar-refractivity contribution >= 4 is 18.3 Å². The van der Waals surface area contributed by atoms with Crippen LogP contribution in [0.4, 0.5) is 8.78 Å². The van der Waals surface area contributed by atoms with Crippen LogP contribution in [0.25, 0.3) is 0 Å². The number of halogens is 3. The molecule has 0 spiro atoms. The highest BCUT2D eigenvalue weighted by atomic mass is 35.5. The summed E-state index contributed by atoms with van der Waals surface area (Å²) in [7, 11) is 0. The van der Waals surface area contributed by atoms with Crippen molar-refractivity contribution in [3.8, 4) is 0 Å². The summed E-state index contributed by atoms with van der Waals surface area (Å²) in [6, 6.07) is 0. The molecule has 0 aliphatic heterocycles. The van der Waals surface area contributed by atoms with Gasteiger partial charge in [-0.2, -0.15) is 0 Å². The van der Waals surface area contributed by atoms with E-state index in [-0.39, 0.29) is 18.3 Å². The van der Waals surface area contributed by atoms with Crippen molar-refractivity contribution in [2.75, 3.05) is 13.1 Å². The lowest BCUT2D eigenvalue weighted by Gasteiger charge is -2.17. The molecule has 0 heterocycles. The maximum absolute atomic E-state index is 12.8. The van der Waals surface area contributed by atoms with Crippen molar-refractivity contribution in [2.24, 2.45) is 11.7 Å². The van der Waals surface area contributed by atoms with Crippen molar-refractivity contribution in [3.05, 3.63) is 25.3 Å². The Balaban J connectivity index is 0. The normalized spacial score (nSPS) is 10.6. The van der Waals surface area contributed by atoms with Crippen molar-refractivity contribution in [2.45, 2.75) is 18.8 Å². The van der Waals surface area contributed by atoms with Crippen molar-refractivity contribution in [1.29, 1.82) is 0 Å². The van der Waals surface area contributed by atoms with Gasteiger partial charge in [0.05, 0.1) is 13.1 Å². The highest BCUT2D eigenvalue weighted by molar-refractivity contribution is 5.85. The van der Waals surface area contributed by atoms with Crippen molar-refractivity contribution < 1.29 is 13.6 Å². The Morgan fingerprint density at radius 3 is 2.18 bits per heavy atom. The van der Waals surface area contributed by atoms with Crippen LogP contribution in [0.15, 0.2) is 25.3 Å². The van der Waals surface area contributed by atoms with Crippen LogP contribution < -0.4 is 11.1 Å². The molecule has 0 atom stereocenters. The Labute approximate surface area is 107 Å². The zero-order valence-corrected chi connectivity index (χ0v) is 10.4. The first-order valence-electron chi connectivity index (χ1n) is 5.04. The van der Waals surface area contributed by atoms with Crippen LogP contribution in [0.1, 0.15) is 12.8 Å². The van der Waals surface area contributed by atoms with Gasteiger partial charge in [0.1, 0.15) is 0 Å². The number of amides is 1. The van der Waals surface area contributed by atoms with Gasteiger partial charge in [0, 0.05) is 5.92 Å². The number of hydrogen-bond acceptors (Lipinski definition) is 2. The number of hydrogen-bond donors (Lipinski definition) is 2. The Bertz CT molecular complexity index is 250. The van der Waals surface area contributed by atoms with Gasteiger partial charge < -0.3 is 11.1 Å². The van der Waals surface area contributed by atoms with Gasteiger partial charge >= 0.3 is 0 Å². The first kappa shape index (κ1) is 18.4. The molecular formula is C11H19ClF2N2O. The van der Waals surface area contributed by atoms with E-state index in [1.54, 1.807) is 12.2 Å². The second-order valence-electron chi connectivity index (χ2n) is 3.52. The van der Waals surface area contributed by atoms with Gasteiger partial charge in [0.25, 0.3) is 5.92 Å². The Kier molecular flexibility index (Phi) is 9.89. The fourth-order valence-corrected chi connectivity index (χ4v) is 1.15. The molecule has 17 heavy (non-hydrogen) atoms. The van der Waals surface area contributed by atoms with Gasteiger partial charge in [-0.25, -0.2) is 8.78 Å². The summed E-state index contributed by atoms with van der Waals surface area (Å²) >= 11 is 0. The second kappa shape index (κ2) is 9.13. The molecule has 0 aliphatic carbocycles. The summed E-state index contributed by atoms with van der Waals surface area (Å²) in [5, 5.41) is 2.18. The van der Waals surface area contributed by atoms with E-state index < -0.39 is 24.9 Å². The predicted octanol–water partition coefficient (Wildman–Crippen LogP) is 1.89. The molecule has 6 heteroatoms. The third-order valence-electron chi connectivity index (χ3n) is 2.09. The largest absolute Gasteiger partial charge is 0.350 e. The molecule has 0 radical (unpaired) electrons. The molecule has 0 saturated heterocycles. The van der Waals surface area contributed by atoms with Crippen LogP contribution in [0.3, 0.4) is 0 Å². The molecule has 0 bridgehead atoms. The zero-order valence-electron chi connectivity index (χ0n) is 9.62. The molecule has 1 amide bonds. The van der Waals surface area contributed by atoms with Gasteiger partial charge in [-0.15, -0.1) is 25.6 Å². The number of nitrogens with one attached hydrogen (secondary N) is 1. The third-order valence-corrected chi connectivity index (χ3v) is 2.09. The quantitative estimate of drug-likeness (QED) is 0.661. The van der Waals surface area contributed by atoms with Crippen molar-refractivity contribution in [3.63, 3.8) is 0 Å². The molecule has 3 N–H and O–H groups in total. The molecule has 0 fully saturated rings. The summed E-state index contributed by atoms with van der Waals surface area (Å²) < 4.78 is 25.5. The molecule has 0 rings (SSSR count). The maximum atomic E-state index is 12.8. The zero-order chi connectivity index (χ0) is 12.6. The standard InChI is InChI=1S/C11H18F2N2O.ClH/c1-3-5-9(6-4-2)10(16)15-8-11(12,13)7-14;/h3-4,9H,1-2,5-8,14H2,(H,15,16);1H. The highest BCUT2D eigenvalue weighted by Crippen LogP contribution is 2.12. The molecule has 0 aromatic rings. The minimum atomic E-state index is -3.05. The lowest BCUT2D eigenvalue weighted by atomic mass is 10.0. The van der Waals surface area contributed by atoms with Crippen LogP contribution in [0.5, 0.6) is 0 Å². The fraction of sp³-hybridized carbons (Fsp3) is 0.545. The second-order valence-corrected chi connectivity index (χ2v) is 3.52. The molecule has 100 valence electrons. The maximum Gasteiger partial charge on any atom is 0.277 e. The number of allylic oxidation sites excluding steroid dienone is 2. The molecular weight excluding hydrogens is 250 g/mol. The first-order chi connectivity index (χ1) is 7.46. The van der Waals surface area contributed by atoms with Crippen LogP contribution >= 0.6 is 12.4 Å². The van der Waals surface area contributed by atoms with E-state index in [1.807, 2.05) is 0 Å². The summed E-state index contributed by atoms with van der Waals surface area (Å²) in [6.07, 6.45) is 4.03. The molecule has 0 aromatic carbocycles. The predicted molar refractivity (Wildman–Crippen MR) is 67.4 cm³/mol. The smallest absolute Gasteiger partial charge is 0.277 e. The van der Waals surface area contributed by atoms with Crippen LogP contribution in [0.2, 0.25) is 0 Å². The van der Waals surface area contributed by atoms with E-state index >= 15 is 0 Å². The number of nitrogens with two attached hydrogens (primary N) is 1. The molecule has 0 saturated carbocycles. The molecule has 0 aliphatic rings. The van der Waals surface area contributed by atoms with E-state index in [0.29, 0.717) is 12.8 Å². The average molecular weight is 269 g/mol. The van der Waals surface area contributed by atoms with Crippen LogP contribution in [0, 0.1) is 5.92 Å². The number of carbonyl (C=O) groups excluding carboxylic acids is 1. The monoisotopic (exact) mass is 268 g/mol. The fourth-order valence-electron chi connectivity index (χ4n) is 1.15. The lowest BCUT2D eigenvalue weighted by molar-refractivity contribution is -0.126. The molecule has 3 nitrogen and oxygen atoms in total. The third kappa shape index (κ3) is 7.88. The number of alkyl halides is 2. The summed E-state index contributed by atoms with van der Waals surface area (Å²) in [5.74, 6) is -3.86. The van der Waals surface area contributed by atoms with Gasteiger partial charge in [-0.3, -0.25) is 4.79 Å². The van der Waals surface area contributed by atoms with Gasteiger partial charge in [0.15, 0.2) is 0 Å². The number of carbonyl (C=O) groups is 1. The van der Waals surface area contributed by atoms with Crippen molar-refractivity contribution in [1.82, 2.24) is 5.32 Å². The van der Waals surface area contributed by atoms with E-state index in [4.69, 9.17) is 5.73 Å². The molecule has 0 unspecified atom stereocenters. The van der Waals surface area contributed by atoms with Crippen LogP contribution in [-0.2, 0) is 4.79 Å². The van der Waals surface area contributed by atoms with Crippen LogP contribution in [-0.4, -0.2) is 24.9 Å². The minimum absolute atomic E-state index is 0. The topological polar surface area (TPSA) is 55.1 Å². The van der Waals surface area contributed by atoms with E-state index in [2.05, 4.69) is 18.5 Å². The van der Waals surface area contributed by atoms with Gasteiger partial charge in [-0.1, -0.05) is 12.2 Å². The van der Waals surface area contributed by atoms with E-state index in [9.17, 15) is 13.6 Å². The average Bonchev–Trinajstić information content (AvgIpc) is 2.26. The molecule has 0 aromatic heterocycles. The Morgan fingerprint density at radius 1 is 1.35 bits per heavy atom. The Hall–Kier alpha value is -0.940. The highest BCUT2D eigenvalue weighted by Gasteiger charge is 2.28. The first-order valence-corrected chi connectivity index (χ1v) is 5.04. The number of rotatable bonds is 8. The summed E-state index contributed by atoms with van der Waals surface area (Å²) in [6.45, 7) is 5.51. The summed E-state index contributed by atoms with van der Waals surface area (Å²) in [4.78, 5) is 11.5. The lowest BCUT2D eigenvalue weighted by Crippen LogP contribution is -2.43. The van der Waals surface area contributed by atoms with Gasteiger partial charge in [0.2, 0.25) is 5.91 Å². The van der Waals surface area contributed by atoms with E-state index in [1.165, 1.54) is 0 Å². The van der Waals surface area contributed by atoms with E-state index in [0.717, 1.165) is 0 Å². The SMILES string of the molecule is C=CCC(CC=C)C(=O)NCC(F)(F)CN.Cl. The van der Waals surface area contributed by atoms with Gasteiger partial charge in [-0.05, 0) is 12.8 Å². The Morgan fingerprint density at radius 2 is 1.82 bits per heavy atom.